The monoisotopic (exact) mass is 278 g/mol. The molecule has 6 heteroatoms. The minimum Gasteiger partial charge on any atom is -0.379 e. The van der Waals surface area contributed by atoms with E-state index in [4.69, 9.17) is 4.74 Å². The zero-order valence-corrected chi connectivity index (χ0v) is 12.1. The van der Waals surface area contributed by atoms with Gasteiger partial charge in [-0.15, -0.1) is 0 Å². The molecule has 1 aliphatic heterocycles. The van der Waals surface area contributed by atoms with Gasteiger partial charge in [-0.25, -0.2) is 9.97 Å². The van der Waals surface area contributed by atoms with E-state index in [9.17, 15) is 4.79 Å². The maximum atomic E-state index is 12.2. The van der Waals surface area contributed by atoms with E-state index in [-0.39, 0.29) is 11.8 Å². The Morgan fingerprint density at radius 3 is 2.90 bits per heavy atom. The summed E-state index contributed by atoms with van der Waals surface area (Å²) in [5.41, 5.74) is 1.37. The molecule has 0 radical (unpaired) electrons. The Kier molecular flexibility index (Phi) is 5.43. The average Bonchev–Trinajstić information content (AvgIpc) is 2.48. The normalized spacial score (nSPS) is 16.4. The minimum absolute atomic E-state index is 0.0949. The van der Waals surface area contributed by atoms with E-state index in [0.29, 0.717) is 12.1 Å². The Labute approximate surface area is 119 Å². The first-order valence-corrected chi connectivity index (χ1v) is 7.06. The lowest BCUT2D eigenvalue weighted by Crippen LogP contribution is -2.41. The SMILES string of the molecule is CC(C)c1ncncc1C(=O)NCCN1CCOCC1. The smallest absolute Gasteiger partial charge is 0.254 e. The van der Waals surface area contributed by atoms with E-state index in [1.165, 1.54) is 6.33 Å². The summed E-state index contributed by atoms with van der Waals surface area (Å²) in [6, 6.07) is 0. The number of hydrogen-bond acceptors (Lipinski definition) is 5. The van der Waals surface area contributed by atoms with Gasteiger partial charge in [0.05, 0.1) is 24.5 Å². The third kappa shape index (κ3) is 3.98. The largest absolute Gasteiger partial charge is 0.379 e. The fourth-order valence-corrected chi connectivity index (χ4v) is 2.22. The molecule has 1 N–H and O–H groups in total. The number of hydrogen-bond donors (Lipinski definition) is 1. The lowest BCUT2D eigenvalue weighted by molar-refractivity contribution is 0.0383. The van der Waals surface area contributed by atoms with Crippen LogP contribution in [0.1, 0.15) is 35.8 Å². The fourth-order valence-electron chi connectivity index (χ4n) is 2.22. The highest BCUT2D eigenvalue weighted by molar-refractivity contribution is 5.95. The number of rotatable bonds is 5. The summed E-state index contributed by atoms with van der Waals surface area (Å²) in [6.07, 6.45) is 3.08. The maximum absolute atomic E-state index is 12.2. The molecule has 0 saturated carbocycles. The van der Waals surface area contributed by atoms with Crippen LogP contribution in [0.2, 0.25) is 0 Å². The second-order valence-electron chi connectivity index (χ2n) is 5.19. The van der Waals surface area contributed by atoms with Crippen molar-refractivity contribution in [2.24, 2.45) is 0 Å². The number of morpholine rings is 1. The van der Waals surface area contributed by atoms with E-state index in [0.717, 1.165) is 38.5 Å². The molecule has 0 aromatic carbocycles. The molecule has 6 nitrogen and oxygen atoms in total. The van der Waals surface area contributed by atoms with Gasteiger partial charge >= 0.3 is 0 Å². The summed E-state index contributed by atoms with van der Waals surface area (Å²) in [5.74, 6) is 0.112. The molecule has 1 fully saturated rings. The summed E-state index contributed by atoms with van der Waals surface area (Å²) in [5, 5.41) is 2.94. The molecular weight excluding hydrogens is 256 g/mol. The Morgan fingerprint density at radius 2 is 2.20 bits per heavy atom. The number of carbonyl (C=O) groups is 1. The maximum Gasteiger partial charge on any atom is 0.254 e. The summed E-state index contributed by atoms with van der Waals surface area (Å²) < 4.78 is 5.29. The third-order valence-corrected chi connectivity index (χ3v) is 3.35. The molecule has 0 spiro atoms. The molecule has 0 bridgehead atoms. The number of nitrogens with zero attached hydrogens (tertiary/aromatic N) is 3. The predicted molar refractivity (Wildman–Crippen MR) is 75.7 cm³/mol. The molecule has 1 aromatic heterocycles. The van der Waals surface area contributed by atoms with Gasteiger partial charge in [-0.3, -0.25) is 9.69 Å². The molecule has 1 amide bonds. The van der Waals surface area contributed by atoms with Gasteiger partial charge in [0.25, 0.3) is 5.91 Å². The molecule has 1 aliphatic rings. The summed E-state index contributed by atoms with van der Waals surface area (Å²) in [4.78, 5) is 22.6. The van der Waals surface area contributed by atoms with E-state index in [2.05, 4.69) is 20.2 Å². The van der Waals surface area contributed by atoms with Crippen LogP contribution in [0, 0.1) is 0 Å². The number of aromatic nitrogens is 2. The number of carbonyl (C=O) groups excluding carboxylic acids is 1. The first-order chi connectivity index (χ1) is 9.68. The molecule has 1 aromatic rings. The topological polar surface area (TPSA) is 67.4 Å². The molecule has 0 aliphatic carbocycles. The van der Waals surface area contributed by atoms with Gasteiger partial charge in [-0.05, 0) is 5.92 Å². The van der Waals surface area contributed by atoms with Gasteiger partial charge in [0.2, 0.25) is 0 Å². The molecule has 20 heavy (non-hydrogen) atoms. The van der Waals surface area contributed by atoms with Crippen molar-refractivity contribution in [3.8, 4) is 0 Å². The third-order valence-electron chi connectivity index (χ3n) is 3.35. The van der Waals surface area contributed by atoms with Crippen molar-refractivity contribution in [3.63, 3.8) is 0 Å². The fraction of sp³-hybridized carbons (Fsp3) is 0.643. The molecular formula is C14H22N4O2. The van der Waals surface area contributed by atoms with Crippen LogP contribution in [0.15, 0.2) is 12.5 Å². The van der Waals surface area contributed by atoms with Gasteiger partial charge in [0, 0.05) is 32.4 Å². The van der Waals surface area contributed by atoms with Crippen LogP contribution in [0.5, 0.6) is 0 Å². The summed E-state index contributed by atoms with van der Waals surface area (Å²) in [7, 11) is 0. The molecule has 2 rings (SSSR count). The standard InChI is InChI=1S/C14H22N4O2/c1-11(2)13-12(9-15-10-17-13)14(19)16-3-4-18-5-7-20-8-6-18/h9-11H,3-8H2,1-2H3,(H,16,19). The zero-order chi connectivity index (χ0) is 14.4. The van der Waals surface area contributed by atoms with Crippen LogP contribution in [-0.4, -0.2) is 60.2 Å². The van der Waals surface area contributed by atoms with Crippen LogP contribution in [0.4, 0.5) is 0 Å². The van der Waals surface area contributed by atoms with E-state index >= 15 is 0 Å². The first kappa shape index (κ1) is 14.9. The number of amides is 1. The second-order valence-corrected chi connectivity index (χ2v) is 5.19. The van der Waals surface area contributed by atoms with Crippen molar-refractivity contribution in [1.82, 2.24) is 20.2 Å². The van der Waals surface area contributed by atoms with E-state index in [1.807, 2.05) is 13.8 Å². The van der Waals surface area contributed by atoms with Crippen molar-refractivity contribution in [1.29, 1.82) is 0 Å². The number of nitrogens with one attached hydrogen (secondary N) is 1. The lowest BCUT2D eigenvalue weighted by atomic mass is 10.0. The first-order valence-electron chi connectivity index (χ1n) is 7.06. The quantitative estimate of drug-likeness (QED) is 0.857. The molecule has 0 unspecified atom stereocenters. The van der Waals surface area contributed by atoms with Crippen LogP contribution in [-0.2, 0) is 4.74 Å². The highest BCUT2D eigenvalue weighted by Gasteiger charge is 2.15. The second kappa shape index (κ2) is 7.31. The number of ether oxygens (including phenoxy) is 1. The van der Waals surface area contributed by atoms with Crippen molar-refractivity contribution >= 4 is 5.91 Å². The Balaban J connectivity index is 1.85. The summed E-state index contributed by atoms with van der Waals surface area (Å²) >= 11 is 0. The van der Waals surface area contributed by atoms with Crippen molar-refractivity contribution in [2.75, 3.05) is 39.4 Å². The highest BCUT2D eigenvalue weighted by Crippen LogP contribution is 2.15. The Bertz CT molecular complexity index is 445. The van der Waals surface area contributed by atoms with Crippen LogP contribution in [0.3, 0.4) is 0 Å². The summed E-state index contributed by atoms with van der Waals surface area (Å²) in [6.45, 7) is 8.93. The van der Waals surface area contributed by atoms with Crippen LogP contribution in [0.25, 0.3) is 0 Å². The molecule has 1 saturated heterocycles. The molecule has 0 atom stereocenters. The van der Waals surface area contributed by atoms with Gasteiger partial charge in [-0.1, -0.05) is 13.8 Å². The lowest BCUT2D eigenvalue weighted by Gasteiger charge is -2.26. The van der Waals surface area contributed by atoms with E-state index in [1.54, 1.807) is 6.20 Å². The minimum atomic E-state index is -0.0949. The van der Waals surface area contributed by atoms with Gasteiger partial charge in [-0.2, -0.15) is 0 Å². The highest BCUT2D eigenvalue weighted by atomic mass is 16.5. The van der Waals surface area contributed by atoms with Gasteiger partial charge in [0.15, 0.2) is 0 Å². The van der Waals surface area contributed by atoms with Crippen LogP contribution >= 0.6 is 0 Å². The van der Waals surface area contributed by atoms with Crippen molar-refractivity contribution in [3.05, 3.63) is 23.8 Å². The Hall–Kier alpha value is -1.53. The zero-order valence-electron chi connectivity index (χ0n) is 12.1. The van der Waals surface area contributed by atoms with Crippen molar-refractivity contribution < 1.29 is 9.53 Å². The predicted octanol–water partition coefficient (Wildman–Crippen LogP) is 0.662. The molecule has 2 heterocycles. The molecule has 110 valence electrons. The average molecular weight is 278 g/mol. The van der Waals surface area contributed by atoms with E-state index < -0.39 is 0 Å². The Morgan fingerprint density at radius 1 is 1.45 bits per heavy atom. The van der Waals surface area contributed by atoms with Crippen LogP contribution < -0.4 is 5.32 Å². The van der Waals surface area contributed by atoms with Gasteiger partial charge < -0.3 is 10.1 Å². The van der Waals surface area contributed by atoms with Crippen molar-refractivity contribution in [2.45, 2.75) is 19.8 Å². The van der Waals surface area contributed by atoms with Gasteiger partial charge in [0.1, 0.15) is 6.33 Å².